The van der Waals surface area contributed by atoms with E-state index in [0.29, 0.717) is 15.8 Å². The summed E-state index contributed by atoms with van der Waals surface area (Å²) in [6.07, 6.45) is 0. The minimum absolute atomic E-state index is 0.226. The van der Waals surface area contributed by atoms with E-state index < -0.39 is 15.3 Å². The predicted octanol–water partition coefficient (Wildman–Crippen LogP) is 2.56. The van der Waals surface area contributed by atoms with Gasteiger partial charge in [-0.25, -0.2) is 12.8 Å². The van der Waals surface area contributed by atoms with Crippen LogP contribution in [-0.2, 0) is 10.0 Å². The van der Waals surface area contributed by atoms with Crippen LogP contribution in [0.15, 0.2) is 18.2 Å². The summed E-state index contributed by atoms with van der Waals surface area (Å²) in [6.45, 7) is 5.91. The molecule has 0 heterocycles. The number of halogens is 2. The molecule has 2 N–H and O–H groups in total. The Morgan fingerprint density at radius 1 is 1.32 bits per heavy atom. The van der Waals surface area contributed by atoms with Crippen molar-refractivity contribution >= 4 is 38.3 Å². The summed E-state index contributed by atoms with van der Waals surface area (Å²) in [7, 11) is -3.48. The van der Waals surface area contributed by atoms with Crippen LogP contribution >= 0.6 is 22.6 Å². The number of anilines is 1. The fourth-order valence-electron chi connectivity index (χ4n) is 1.34. The highest BCUT2D eigenvalue weighted by atomic mass is 127. The Hall–Kier alpha value is -0.410. The Morgan fingerprint density at radius 2 is 1.95 bits per heavy atom. The maximum atomic E-state index is 13.0. The molecule has 0 radical (unpaired) electrons. The number of hydrogen-bond donors (Lipinski definition) is 2. The molecule has 1 rings (SSSR count). The average Bonchev–Trinajstić information content (AvgIpc) is 2.29. The summed E-state index contributed by atoms with van der Waals surface area (Å²) in [6, 6.07) is 4.17. The van der Waals surface area contributed by atoms with Gasteiger partial charge in [0.25, 0.3) is 0 Å². The van der Waals surface area contributed by atoms with Gasteiger partial charge in [-0.15, -0.1) is 0 Å². The van der Waals surface area contributed by atoms with Crippen molar-refractivity contribution in [2.75, 3.05) is 11.3 Å². The first kappa shape index (κ1) is 16.6. The van der Waals surface area contributed by atoms with Crippen LogP contribution in [0.1, 0.15) is 20.8 Å². The van der Waals surface area contributed by atoms with Gasteiger partial charge in [-0.2, -0.15) is 0 Å². The summed E-state index contributed by atoms with van der Waals surface area (Å²) < 4.78 is 40.2. The maximum absolute atomic E-state index is 13.0. The number of sulfonamides is 1. The van der Waals surface area contributed by atoms with E-state index in [4.69, 9.17) is 0 Å². The van der Waals surface area contributed by atoms with Gasteiger partial charge in [-0.05, 0) is 47.7 Å². The first-order chi connectivity index (χ1) is 8.72. The molecule has 0 aliphatic rings. The van der Waals surface area contributed by atoms with Crippen molar-refractivity contribution in [1.82, 2.24) is 5.32 Å². The van der Waals surface area contributed by atoms with E-state index in [1.165, 1.54) is 18.2 Å². The minimum atomic E-state index is -3.48. The molecule has 7 heteroatoms. The predicted molar refractivity (Wildman–Crippen MR) is 84.3 cm³/mol. The molecule has 0 aliphatic carbocycles. The standard InChI is InChI=1S/C12H18FIN2O2S/c1-8(2)15-7-9(3)19(17,18)16-12-5-4-10(13)6-11(12)14/h4-6,8-9,15-16H,7H2,1-3H3. The summed E-state index contributed by atoms with van der Waals surface area (Å²) >= 11 is 1.90. The SMILES string of the molecule is CC(C)NCC(C)S(=O)(=O)Nc1ccc(F)cc1I. The van der Waals surface area contributed by atoms with Crippen molar-refractivity contribution in [2.24, 2.45) is 0 Å². The van der Waals surface area contributed by atoms with Crippen LogP contribution in [0.3, 0.4) is 0 Å². The summed E-state index contributed by atoms with van der Waals surface area (Å²) in [4.78, 5) is 0. The van der Waals surface area contributed by atoms with Crippen molar-refractivity contribution in [3.8, 4) is 0 Å². The number of rotatable bonds is 6. The quantitative estimate of drug-likeness (QED) is 0.722. The Kier molecular flexibility index (Phi) is 6.00. The third-order valence-corrected chi connectivity index (χ3v) is 5.15. The molecule has 0 saturated heterocycles. The van der Waals surface area contributed by atoms with Crippen LogP contribution in [0.25, 0.3) is 0 Å². The van der Waals surface area contributed by atoms with Gasteiger partial charge in [-0.1, -0.05) is 13.8 Å². The summed E-state index contributed by atoms with van der Waals surface area (Å²) in [5, 5.41) is 2.51. The van der Waals surface area contributed by atoms with Crippen LogP contribution < -0.4 is 10.0 Å². The fourth-order valence-corrected chi connectivity index (χ4v) is 3.13. The number of nitrogens with one attached hydrogen (secondary N) is 2. The first-order valence-corrected chi connectivity index (χ1v) is 8.55. The molecule has 108 valence electrons. The summed E-state index contributed by atoms with van der Waals surface area (Å²) in [5.41, 5.74) is 0.401. The Morgan fingerprint density at radius 3 is 2.47 bits per heavy atom. The van der Waals surface area contributed by atoms with Crippen LogP contribution in [0.2, 0.25) is 0 Å². The monoisotopic (exact) mass is 400 g/mol. The van der Waals surface area contributed by atoms with Crippen LogP contribution in [-0.4, -0.2) is 26.3 Å². The smallest absolute Gasteiger partial charge is 0.236 e. The largest absolute Gasteiger partial charge is 0.313 e. The second-order valence-corrected chi connectivity index (χ2v) is 7.91. The Balaban J connectivity index is 2.78. The molecule has 4 nitrogen and oxygen atoms in total. The molecule has 0 aliphatic heterocycles. The molecule has 1 aromatic rings. The zero-order chi connectivity index (χ0) is 14.6. The highest BCUT2D eigenvalue weighted by Crippen LogP contribution is 2.21. The van der Waals surface area contributed by atoms with E-state index in [1.807, 2.05) is 36.4 Å². The highest BCUT2D eigenvalue weighted by Gasteiger charge is 2.21. The van der Waals surface area contributed by atoms with Gasteiger partial charge in [0.1, 0.15) is 5.82 Å². The molecule has 0 spiro atoms. The molecule has 0 fully saturated rings. The van der Waals surface area contributed by atoms with E-state index in [9.17, 15) is 12.8 Å². The van der Waals surface area contributed by atoms with Gasteiger partial charge in [0, 0.05) is 16.2 Å². The average molecular weight is 400 g/mol. The van der Waals surface area contributed by atoms with Gasteiger partial charge in [0.15, 0.2) is 0 Å². The van der Waals surface area contributed by atoms with Crippen LogP contribution in [0.4, 0.5) is 10.1 Å². The van der Waals surface area contributed by atoms with Crippen LogP contribution in [0.5, 0.6) is 0 Å². The van der Waals surface area contributed by atoms with Gasteiger partial charge in [0.2, 0.25) is 10.0 Å². The molecule has 0 saturated carbocycles. The lowest BCUT2D eigenvalue weighted by Gasteiger charge is -2.17. The zero-order valence-corrected chi connectivity index (χ0v) is 14.0. The second-order valence-electron chi connectivity index (χ2n) is 4.64. The van der Waals surface area contributed by atoms with Crippen molar-refractivity contribution in [2.45, 2.75) is 32.1 Å². The Bertz CT molecular complexity index is 535. The minimum Gasteiger partial charge on any atom is -0.313 e. The molecule has 0 amide bonds. The molecule has 0 aromatic heterocycles. The lowest BCUT2D eigenvalue weighted by atomic mass is 10.3. The van der Waals surface area contributed by atoms with Gasteiger partial charge in [-0.3, -0.25) is 4.72 Å². The van der Waals surface area contributed by atoms with Gasteiger partial charge < -0.3 is 5.32 Å². The van der Waals surface area contributed by atoms with Gasteiger partial charge in [0.05, 0.1) is 10.9 Å². The maximum Gasteiger partial charge on any atom is 0.236 e. The van der Waals surface area contributed by atoms with Gasteiger partial charge >= 0.3 is 0 Å². The molecule has 19 heavy (non-hydrogen) atoms. The van der Waals surface area contributed by atoms with Crippen molar-refractivity contribution in [3.63, 3.8) is 0 Å². The van der Waals surface area contributed by atoms with E-state index in [0.717, 1.165) is 0 Å². The van der Waals surface area contributed by atoms with Crippen molar-refractivity contribution in [3.05, 3.63) is 27.6 Å². The molecule has 1 unspecified atom stereocenters. The van der Waals surface area contributed by atoms with Crippen molar-refractivity contribution < 1.29 is 12.8 Å². The molecule has 1 atom stereocenters. The van der Waals surface area contributed by atoms with E-state index in [1.54, 1.807) is 6.92 Å². The number of hydrogen-bond acceptors (Lipinski definition) is 3. The van der Waals surface area contributed by atoms with E-state index >= 15 is 0 Å². The second kappa shape index (κ2) is 6.85. The number of benzene rings is 1. The lowest BCUT2D eigenvalue weighted by molar-refractivity contribution is 0.553. The first-order valence-electron chi connectivity index (χ1n) is 5.92. The molecular weight excluding hydrogens is 382 g/mol. The molecular formula is C12H18FIN2O2S. The summed E-state index contributed by atoms with van der Waals surface area (Å²) in [5.74, 6) is -0.387. The molecule has 1 aromatic carbocycles. The van der Waals surface area contributed by atoms with E-state index in [2.05, 4.69) is 10.0 Å². The Labute approximate surface area is 127 Å². The lowest BCUT2D eigenvalue weighted by Crippen LogP contribution is -2.37. The fraction of sp³-hybridized carbons (Fsp3) is 0.500. The highest BCUT2D eigenvalue weighted by molar-refractivity contribution is 14.1. The third-order valence-electron chi connectivity index (χ3n) is 2.53. The molecule has 0 bridgehead atoms. The van der Waals surface area contributed by atoms with E-state index in [-0.39, 0.29) is 11.9 Å². The topological polar surface area (TPSA) is 58.2 Å². The van der Waals surface area contributed by atoms with Crippen LogP contribution in [0, 0.1) is 9.39 Å². The van der Waals surface area contributed by atoms with Crippen molar-refractivity contribution in [1.29, 1.82) is 0 Å². The zero-order valence-electron chi connectivity index (χ0n) is 11.1. The third kappa shape index (κ3) is 5.23. The normalized spacial score (nSPS) is 13.6.